The second-order valence-corrected chi connectivity index (χ2v) is 6.83. The topological polar surface area (TPSA) is 74.1 Å². The fraction of sp³-hybridized carbons (Fsp3) is 0.571. The maximum absolute atomic E-state index is 10.6. The SMILES string of the molecule is COc1cccc(N2CC[NH+](CCCS(=O)(=O)[O-])CC2)c1. The molecule has 0 unspecified atom stereocenters. The van der Waals surface area contributed by atoms with Gasteiger partial charge in [0.05, 0.1) is 50.0 Å². The van der Waals surface area contributed by atoms with Gasteiger partial charge in [-0.05, 0) is 12.1 Å². The Morgan fingerprint density at radius 3 is 2.67 bits per heavy atom. The van der Waals surface area contributed by atoms with Crippen LogP contribution in [0.15, 0.2) is 24.3 Å². The molecule has 1 aromatic carbocycles. The first kappa shape index (κ1) is 16.1. The quantitative estimate of drug-likeness (QED) is 0.705. The highest BCUT2D eigenvalue weighted by atomic mass is 32.2. The number of nitrogens with zero attached hydrogens (tertiary/aromatic N) is 1. The number of methoxy groups -OCH3 is 1. The minimum atomic E-state index is -4.07. The molecule has 0 atom stereocenters. The van der Waals surface area contributed by atoms with Gasteiger partial charge in [-0.25, -0.2) is 8.42 Å². The normalized spacial score (nSPS) is 17.0. The average molecular weight is 314 g/mol. The van der Waals surface area contributed by atoms with Gasteiger partial charge in [-0.3, -0.25) is 0 Å². The fourth-order valence-corrected chi connectivity index (χ4v) is 3.14. The van der Waals surface area contributed by atoms with Crippen LogP contribution in [0.4, 0.5) is 5.69 Å². The van der Waals surface area contributed by atoms with E-state index in [-0.39, 0.29) is 5.75 Å². The van der Waals surface area contributed by atoms with Crippen molar-refractivity contribution in [3.8, 4) is 5.75 Å². The molecule has 1 fully saturated rings. The number of hydrogen-bond acceptors (Lipinski definition) is 5. The number of rotatable bonds is 6. The zero-order valence-corrected chi connectivity index (χ0v) is 13.1. The van der Waals surface area contributed by atoms with Crippen LogP contribution >= 0.6 is 0 Å². The van der Waals surface area contributed by atoms with Crippen molar-refractivity contribution in [2.24, 2.45) is 0 Å². The summed E-state index contributed by atoms with van der Waals surface area (Å²) in [5, 5.41) is 0. The molecule has 0 aliphatic carbocycles. The molecule has 1 heterocycles. The lowest BCUT2D eigenvalue weighted by Crippen LogP contribution is -3.14. The van der Waals surface area contributed by atoms with Crippen LogP contribution in [0.3, 0.4) is 0 Å². The first-order valence-corrected chi connectivity index (χ1v) is 8.72. The zero-order valence-electron chi connectivity index (χ0n) is 12.2. The van der Waals surface area contributed by atoms with E-state index in [1.165, 1.54) is 4.90 Å². The largest absolute Gasteiger partial charge is 0.748 e. The van der Waals surface area contributed by atoms with Crippen molar-refractivity contribution < 1.29 is 22.6 Å². The van der Waals surface area contributed by atoms with Crippen LogP contribution in [-0.2, 0) is 10.1 Å². The van der Waals surface area contributed by atoms with Crippen molar-refractivity contribution in [3.05, 3.63) is 24.3 Å². The highest BCUT2D eigenvalue weighted by molar-refractivity contribution is 7.85. The van der Waals surface area contributed by atoms with Crippen LogP contribution in [0.5, 0.6) is 5.75 Å². The highest BCUT2D eigenvalue weighted by Crippen LogP contribution is 2.20. The maximum Gasteiger partial charge on any atom is 0.120 e. The summed E-state index contributed by atoms with van der Waals surface area (Å²) in [5.41, 5.74) is 1.15. The predicted molar refractivity (Wildman–Crippen MR) is 80.0 cm³/mol. The number of nitrogens with one attached hydrogen (secondary N) is 1. The van der Waals surface area contributed by atoms with Crippen molar-refractivity contribution in [3.63, 3.8) is 0 Å². The molecule has 0 spiro atoms. The van der Waals surface area contributed by atoms with Crippen molar-refractivity contribution in [2.45, 2.75) is 6.42 Å². The zero-order chi connectivity index (χ0) is 15.3. The van der Waals surface area contributed by atoms with Gasteiger partial charge in [0.25, 0.3) is 0 Å². The second-order valence-electron chi connectivity index (χ2n) is 5.30. The van der Waals surface area contributed by atoms with Crippen LogP contribution in [0.1, 0.15) is 6.42 Å². The van der Waals surface area contributed by atoms with E-state index in [4.69, 9.17) is 4.74 Å². The van der Waals surface area contributed by atoms with E-state index in [1.54, 1.807) is 7.11 Å². The first-order valence-electron chi connectivity index (χ1n) is 7.14. The molecule has 1 aliphatic rings. The van der Waals surface area contributed by atoms with Gasteiger partial charge in [-0.15, -0.1) is 0 Å². The Morgan fingerprint density at radius 1 is 1.33 bits per heavy atom. The van der Waals surface area contributed by atoms with Gasteiger partial charge in [0.15, 0.2) is 0 Å². The molecule has 21 heavy (non-hydrogen) atoms. The van der Waals surface area contributed by atoms with E-state index in [0.29, 0.717) is 6.42 Å². The van der Waals surface area contributed by atoms with Gasteiger partial charge >= 0.3 is 0 Å². The van der Waals surface area contributed by atoms with Crippen LogP contribution < -0.4 is 14.5 Å². The minimum absolute atomic E-state index is 0.254. The third kappa shape index (κ3) is 5.18. The van der Waals surface area contributed by atoms with E-state index in [0.717, 1.165) is 44.2 Å². The molecular formula is C14H22N2O4S. The number of quaternary nitrogens is 1. The van der Waals surface area contributed by atoms with Crippen molar-refractivity contribution in [1.82, 2.24) is 0 Å². The van der Waals surface area contributed by atoms with Crippen LogP contribution in [-0.4, -0.2) is 58.6 Å². The van der Waals surface area contributed by atoms with Gasteiger partial charge in [0.2, 0.25) is 0 Å². The molecule has 0 bridgehead atoms. The molecule has 0 aromatic heterocycles. The Balaban J connectivity index is 1.80. The molecule has 118 valence electrons. The molecule has 7 heteroatoms. The van der Waals surface area contributed by atoms with Crippen LogP contribution in [0, 0.1) is 0 Å². The van der Waals surface area contributed by atoms with Gasteiger partial charge in [-0.2, -0.15) is 0 Å². The lowest BCUT2D eigenvalue weighted by Gasteiger charge is -2.33. The number of piperazine rings is 1. The third-order valence-electron chi connectivity index (χ3n) is 3.81. The molecule has 0 saturated carbocycles. The first-order chi connectivity index (χ1) is 9.98. The molecule has 0 amide bonds. The van der Waals surface area contributed by atoms with E-state index in [9.17, 15) is 13.0 Å². The summed E-state index contributed by atoms with van der Waals surface area (Å²) in [4.78, 5) is 3.66. The lowest BCUT2D eigenvalue weighted by atomic mass is 10.2. The molecule has 6 nitrogen and oxygen atoms in total. The third-order valence-corrected chi connectivity index (χ3v) is 4.60. The minimum Gasteiger partial charge on any atom is -0.748 e. The van der Waals surface area contributed by atoms with E-state index >= 15 is 0 Å². The standard InChI is InChI=1S/C14H22N2O4S/c1-20-14-5-2-4-13(12-14)16-9-7-15(8-10-16)6-3-11-21(17,18)19/h2,4-5,12H,3,6-11H2,1H3,(H,17,18,19). The monoisotopic (exact) mass is 314 g/mol. The smallest absolute Gasteiger partial charge is 0.120 e. The Kier molecular flexibility index (Phi) is 5.44. The molecule has 2 rings (SSSR count). The summed E-state index contributed by atoms with van der Waals surface area (Å²) < 4.78 is 37.0. The maximum atomic E-state index is 10.6. The molecule has 1 aromatic rings. The van der Waals surface area contributed by atoms with Crippen LogP contribution in [0.25, 0.3) is 0 Å². The molecule has 0 radical (unpaired) electrons. The molecule has 1 N–H and O–H groups in total. The van der Waals surface area contributed by atoms with E-state index in [2.05, 4.69) is 11.0 Å². The highest BCUT2D eigenvalue weighted by Gasteiger charge is 2.20. The van der Waals surface area contributed by atoms with Crippen LogP contribution in [0.2, 0.25) is 0 Å². The number of benzene rings is 1. The summed E-state index contributed by atoms with van der Waals surface area (Å²) in [6, 6.07) is 7.99. The Morgan fingerprint density at radius 2 is 2.05 bits per heavy atom. The average Bonchev–Trinajstić information content (AvgIpc) is 2.47. The Hall–Kier alpha value is -1.31. The Bertz CT molecular complexity index is 554. The molecular weight excluding hydrogens is 292 g/mol. The van der Waals surface area contributed by atoms with Gasteiger partial charge in [-0.1, -0.05) is 6.07 Å². The summed E-state index contributed by atoms with van der Waals surface area (Å²) >= 11 is 0. The Labute approximate surface area is 126 Å². The van der Waals surface area contributed by atoms with E-state index in [1.807, 2.05) is 18.2 Å². The number of ether oxygens (including phenoxy) is 1. The fourth-order valence-electron chi connectivity index (χ4n) is 2.64. The molecule has 1 aliphatic heterocycles. The number of anilines is 1. The lowest BCUT2D eigenvalue weighted by molar-refractivity contribution is -0.900. The van der Waals surface area contributed by atoms with Crippen molar-refractivity contribution >= 4 is 15.8 Å². The van der Waals surface area contributed by atoms with Gasteiger partial charge < -0.3 is 19.1 Å². The number of hydrogen-bond donors (Lipinski definition) is 1. The summed E-state index contributed by atoms with van der Waals surface area (Å²) in [7, 11) is -2.42. The van der Waals surface area contributed by atoms with Crippen molar-refractivity contribution in [2.75, 3.05) is 50.5 Å². The molecule has 1 saturated heterocycles. The predicted octanol–water partition coefficient (Wildman–Crippen LogP) is -0.665. The van der Waals surface area contributed by atoms with Gasteiger partial charge in [0, 0.05) is 23.9 Å². The second kappa shape index (κ2) is 7.11. The summed E-state index contributed by atoms with van der Waals surface area (Å²) in [5.74, 6) is 0.596. The van der Waals surface area contributed by atoms with Crippen molar-refractivity contribution in [1.29, 1.82) is 0 Å². The summed E-state index contributed by atoms with van der Waals surface area (Å²) in [6.07, 6.45) is 0.445. The summed E-state index contributed by atoms with van der Waals surface area (Å²) in [6.45, 7) is 4.50. The van der Waals surface area contributed by atoms with E-state index < -0.39 is 10.1 Å². The van der Waals surface area contributed by atoms with Gasteiger partial charge in [0.1, 0.15) is 5.75 Å².